The van der Waals surface area contributed by atoms with Gasteiger partial charge in [-0.15, -0.1) is 0 Å². The molecule has 0 aromatic carbocycles. The molecule has 0 spiro atoms. The van der Waals surface area contributed by atoms with Gasteiger partial charge >= 0.3 is 0 Å². The maximum Gasteiger partial charge on any atom is 0.129 e. The number of unbranched alkanes of at least 4 members (excludes halogenated alkanes) is 1. The highest BCUT2D eigenvalue weighted by Crippen LogP contribution is 2.00. The van der Waals surface area contributed by atoms with Crippen molar-refractivity contribution in [2.75, 3.05) is 20.1 Å². The lowest BCUT2D eigenvalue weighted by Gasteiger charge is -2.18. The normalized spacial score (nSPS) is 11.2. The first-order chi connectivity index (χ1) is 6.02. The molecule has 0 unspecified atom stereocenters. The third kappa shape index (κ3) is 9.54. The summed E-state index contributed by atoms with van der Waals surface area (Å²) in [6.45, 7) is 8.39. The summed E-state index contributed by atoms with van der Waals surface area (Å²) < 4.78 is 0. The molecule has 0 aromatic rings. The molecule has 0 aromatic heterocycles. The Morgan fingerprint density at radius 1 is 1.31 bits per heavy atom. The van der Waals surface area contributed by atoms with Crippen molar-refractivity contribution >= 4 is 5.78 Å². The van der Waals surface area contributed by atoms with Crippen LogP contribution >= 0.6 is 0 Å². The Morgan fingerprint density at radius 3 is 2.38 bits per heavy atom. The number of rotatable bonds is 7. The van der Waals surface area contributed by atoms with E-state index in [-0.39, 0.29) is 0 Å². The van der Waals surface area contributed by atoms with Crippen molar-refractivity contribution < 1.29 is 4.79 Å². The van der Waals surface area contributed by atoms with Gasteiger partial charge in [0, 0.05) is 13.0 Å². The Bertz CT molecular complexity index is 143. The van der Waals surface area contributed by atoms with Crippen molar-refractivity contribution in [3.63, 3.8) is 0 Å². The zero-order chi connectivity index (χ0) is 10.3. The van der Waals surface area contributed by atoms with Crippen molar-refractivity contribution in [3.05, 3.63) is 0 Å². The van der Waals surface area contributed by atoms with Gasteiger partial charge in [-0.3, -0.25) is 0 Å². The Balaban J connectivity index is 3.26. The average molecular weight is 185 g/mol. The van der Waals surface area contributed by atoms with Crippen LogP contribution in [-0.2, 0) is 4.79 Å². The summed E-state index contributed by atoms with van der Waals surface area (Å²) in [5, 5.41) is 0. The molecule has 2 nitrogen and oxygen atoms in total. The number of carbonyl (C=O) groups excluding carboxylic acids is 1. The molecule has 0 radical (unpaired) electrons. The monoisotopic (exact) mass is 185 g/mol. The van der Waals surface area contributed by atoms with Gasteiger partial charge in [0.25, 0.3) is 0 Å². The Morgan fingerprint density at radius 2 is 1.92 bits per heavy atom. The van der Waals surface area contributed by atoms with E-state index in [4.69, 9.17) is 0 Å². The number of nitrogens with zero attached hydrogens (tertiary/aromatic N) is 1. The van der Waals surface area contributed by atoms with E-state index in [0.717, 1.165) is 38.3 Å². The highest BCUT2D eigenvalue weighted by atomic mass is 16.1. The lowest BCUT2D eigenvalue weighted by molar-refractivity contribution is -0.117. The first-order valence-corrected chi connectivity index (χ1v) is 5.20. The molecule has 0 saturated carbocycles. The first kappa shape index (κ1) is 12.6. The SMILES string of the molecule is CC(=O)CCCCN(C)CC(C)C. The van der Waals surface area contributed by atoms with Crippen LogP contribution < -0.4 is 0 Å². The molecule has 13 heavy (non-hydrogen) atoms. The molecule has 0 heterocycles. The number of hydrogen-bond acceptors (Lipinski definition) is 2. The van der Waals surface area contributed by atoms with Crippen LogP contribution in [-0.4, -0.2) is 30.8 Å². The molecule has 0 atom stereocenters. The topological polar surface area (TPSA) is 20.3 Å². The van der Waals surface area contributed by atoms with Crippen molar-refractivity contribution in [2.24, 2.45) is 5.92 Å². The van der Waals surface area contributed by atoms with Gasteiger partial charge in [0.2, 0.25) is 0 Å². The number of Topliss-reactive ketones (excluding diaryl/α,β-unsaturated/α-hetero) is 1. The van der Waals surface area contributed by atoms with Crippen LogP contribution in [0.2, 0.25) is 0 Å². The molecule has 2 heteroatoms. The molecule has 0 aliphatic carbocycles. The van der Waals surface area contributed by atoms with E-state index in [9.17, 15) is 4.79 Å². The van der Waals surface area contributed by atoms with E-state index in [1.807, 2.05) is 0 Å². The molecule has 0 fully saturated rings. The highest BCUT2D eigenvalue weighted by Gasteiger charge is 2.01. The fourth-order valence-corrected chi connectivity index (χ4v) is 1.47. The zero-order valence-corrected chi connectivity index (χ0v) is 9.47. The molecule has 0 rings (SSSR count). The van der Waals surface area contributed by atoms with E-state index in [1.54, 1.807) is 6.92 Å². The van der Waals surface area contributed by atoms with Crippen molar-refractivity contribution in [3.8, 4) is 0 Å². The second kappa shape index (κ2) is 7.07. The summed E-state index contributed by atoms with van der Waals surface area (Å²) in [5.41, 5.74) is 0. The predicted octanol–water partition coefficient (Wildman–Crippen LogP) is 2.33. The fourth-order valence-electron chi connectivity index (χ4n) is 1.47. The van der Waals surface area contributed by atoms with Crippen molar-refractivity contribution in [2.45, 2.75) is 40.0 Å². The average Bonchev–Trinajstić information content (AvgIpc) is 1.96. The molecule has 0 aliphatic rings. The largest absolute Gasteiger partial charge is 0.306 e. The van der Waals surface area contributed by atoms with Crippen LogP contribution in [0.25, 0.3) is 0 Å². The molecule has 0 bridgehead atoms. The summed E-state index contributed by atoms with van der Waals surface area (Å²) in [6.07, 6.45) is 2.93. The van der Waals surface area contributed by atoms with Crippen molar-refractivity contribution in [1.82, 2.24) is 4.90 Å². The van der Waals surface area contributed by atoms with Gasteiger partial charge in [-0.25, -0.2) is 0 Å². The molecule has 0 aliphatic heterocycles. The third-order valence-corrected chi connectivity index (χ3v) is 2.00. The summed E-state index contributed by atoms with van der Waals surface area (Å²) in [4.78, 5) is 13.0. The van der Waals surface area contributed by atoms with E-state index >= 15 is 0 Å². The molecular weight excluding hydrogens is 162 g/mol. The Hall–Kier alpha value is -0.370. The molecule has 78 valence electrons. The standard InChI is InChI=1S/C11H23NO/c1-10(2)9-12(4)8-6-5-7-11(3)13/h10H,5-9H2,1-4H3. The molecule has 0 amide bonds. The maximum atomic E-state index is 10.7. The van der Waals surface area contributed by atoms with Gasteiger partial charge < -0.3 is 9.69 Å². The minimum atomic E-state index is 0.312. The van der Waals surface area contributed by atoms with E-state index < -0.39 is 0 Å². The van der Waals surface area contributed by atoms with Gasteiger partial charge in [0.05, 0.1) is 0 Å². The van der Waals surface area contributed by atoms with Gasteiger partial charge in [-0.05, 0) is 39.3 Å². The maximum absolute atomic E-state index is 10.7. The zero-order valence-electron chi connectivity index (χ0n) is 9.47. The van der Waals surface area contributed by atoms with E-state index in [1.165, 1.54) is 0 Å². The van der Waals surface area contributed by atoms with Crippen LogP contribution in [0, 0.1) is 5.92 Å². The highest BCUT2D eigenvalue weighted by molar-refractivity contribution is 5.75. The summed E-state index contributed by atoms with van der Waals surface area (Å²) in [5.74, 6) is 1.05. The predicted molar refractivity (Wildman–Crippen MR) is 56.9 cm³/mol. The van der Waals surface area contributed by atoms with Gasteiger partial charge in [0.15, 0.2) is 0 Å². The fraction of sp³-hybridized carbons (Fsp3) is 0.909. The minimum absolute atomic E-state index is 0.312. The first-order valence-electron chi connectivity index (χ1n) is 5.20. The number of carbonyl (C=O) groups is 1. The third-order valence-electron chi connectivity index (χ3n) is 2.00. The van der Waals surface area contributed by atoms with E-state index in [2.05, 4.69) is 25.8 Å². The van der Waals surface area contributed by atoms with E-state index in [0.29, 0.717) is 5.78 Å². The lowest BCUT2D eigenvalue weighted by atomic mass is 10.1. The van der Waals surface area contributed by atoms with Gasteiger partial charge in [-0.2, -0.15) is 0 Å². The van der Waals surface area contributed by atoms with Gasteiger partial charge in [-0.1, -0.05) is 13.8 Å². The second-order valence-electron chi connectivity index (χ2n) is 4.32. The van der Waals surface area contributed by atoms with Gasteiger partial charge in [0.1, 0.15) is 5.78 Å². The summed E-state index contributed by atoms with van der Waals surface area (Å²) >= 11 is 0. The van der Waals surface area contributed by atoms with Crippen LogP contribution in [0.4, 0.5) is 0 Å². The molecular formula is C11H23NO. The Labute approximate surface area is 82.3 Å². The lowest BCUT2D eigenvalue weighted by Crippen LogP contribution is -2.24. The van der Waals surface area contributed by atoms with Crippen molar-refractivity contribution in [1.29, 1.82) is 0 Å². The van der Waals surface area contributed by atoms with Crippen LogP contribution in [0.15, 0.2) is 0 Å². The summed E-state index contributed by atoms with van der Waals surface area (Å²) in [6, 6.07) is 0. The van der Waals surface area contributed by atoms with Crippen LogP contribution in [0.3, 0.4) is 0 Å². The second-order valence-corrected chi connectivity index (χ2v) is 4.32. The number of hydrogen-bond donors (Lipinski definition) is 0. The minimum Gasteiger partial charge on any atom is -0.306 e. The smallest absolute Gasteiger partial charge is 0.129 e. The summed E-state index contributed by atoms with van der Waals surface area (Å²) in [7, 11) is 2.15. The van der Waals surface area contributed by atoms with Crippen LogP contribution in [0.1, 0.15) is 40.0 Å². The molecule has 0 saturated heterocycles. The number of ketones is 1. The quantitative estimate of drug-likeness (QED) is 0.567. The molecule has 0 N–H and O–H groups in total. The Kier molecular flexibility index (Phi) is 6.87. The van der Waals surface area contributed by atoms with Crippen LogP contribution in [0.5, 0.6) is 0 Å².